The van der Waals surface area contributed by atoms with Gasteiger partial charge in [-0.05, 0) is 74.4 Å². The third-order valence-electron chi connectivity index (χ3n) is 5.66. The highest BCUT2D eigenvalue weighted by Crippen LogP contribution is 2.50. The molecule has 174 valence electrons. The van der Waals surface area contributed by atoms with Crippen LogP contribution in [0.15, 0.2) is 84.4 Å². The zero-order valence-electron chi connectivity index (χ0n) is 19.6. The highest BCUT2D eigenvalue weighted by Gasteiger charge is 2.63. The van der Waals surface area contributed by atoms with Gasteiger partial charge in [-0.2, -0.15) is 0 Å². The fraction of sp³-hybridized carbons (Fsp3) is 0.214. The molecular weight excluding hydrogens is 448 g/mol. The Morgan fingerprint density at radius 3 is 2.26 bits per heavy atom. The first-order valence-electron chi connectivity index (χ1n) is 11.0. The summed E-state index contributed by atoms with van der Waals surface area (Å²) in [6.45, 7) is 5.74. The van der Waals surface area contributed by atoms with E-state index in [2.05, 4.69) is 5.32 Å². The summed E-state index contributed by atoms with van der Waals surface area (Å²) in [5, 5.41) is 3.58. The zero-order valence-corrected chi connectivity index (χ0v) is 20.4. The SMILES string of the molecule is COc1ccc(N2C(=O)/C(=C\c3ccccc3)C2(C(=O)NC(C)(C)C)c2cccc(Cl)c2)cc1. The van der Waals surface area contributed by atoms with Gasteiger partial charge < -0.3 is 10.1 Å². The number of hydrogen-bond acceptors (Lipinski definition) is 3. The van der Waals surface area contributed by atoms with E-state index in [1.807, 2.05) is 57.2 Å². The number of methoxy groups -OCH3 is 1. The zero-order chi connectivity index (χ0) is 24.5. The monoisotopic (exact) mass is 474 g/mol. The third-order valence-corrected chi connectivity index (χ3v) is 5.89. The fourth-order valence-corrected chi connectivity index (χ4v) is 4.39. The van der Waals surface area contributed by atoms with E-state index >= 15 is 0 Å². The molecule has 0 spiro atoms. The van der Waals surface area contributed by atoms with Crippen LogP contribution in [0, 0.1) is 0 Å². The molecule has 1 aliphatic rings. The van der Waals surface area contributed by atoms with Gasteiger partial charge in [0.05, 0.1) is 12.7 Å². The number of carbonyl (C=O) groups is 2. The maximum Gasteiger partial charge on any atom is 0.259 e. The van der Waals surface area contributed by atoms with E-state index in [0.717, 1.165) is 5.56 Å². The summed E-state index contributed by atoms with van der Waals surface area (Å²) in [6.07, 6.45) is 1.78. The van der Waals surface area contributed by atoms with Gasteiger partial charge in [-0.15, -0.1) is 0 Å². The van der Waals surface area contributed by atoms with Crippen LogP contribution in [0.5, 0.6) is 5.75 Å². The largest absolute Gasteiger partial charge is 0.497 e. The molecule has 1 unspecified atom stereocenters. The molecule has 1 N–H and O–H groups in total. The maximum absolute atomic E-state index is 14.1. The molecule has 1 atom stereocenters. The molecule has 34 heavy (non-hydrogen) atoms. The van der Waals surface area contributed by atoms with E-state index in [9.17, 15) is 9.59 Å². The van der Waals surface area contributed by atoms with Gasteiger partial charge in [0.2, 0.25) is 0 Å². The van der Waals surface area contributed by atoms with Gasteiger partial charge in [0.25, 0.3) is 11.8 Å². The van der Waals surface area contributed by atoms with Crippen molar-refractivity contribution in [2.75, 3.05) is 12.0 Å². The Kier molecular flexibility index (Phi) is 6.24. The Morgan fingerprint density at radius 2 is 1.68 bits per heavy atom. The molecule has 5 nitrogen and oxygen atoms in total. The Hall–Kier alpha value is -3.57. The second-order valence-electron chi connectivity index (χ2n) is 9.23. The summed E-state index contributed by atoms with van der Waals surface area (Å²) < 4.78 is 5.28. The van der Waals surface area contributed by atoms with Crippen LogP contribution in [-0.2, 0) is 15.1 Å². The Labute approximate surface area is 205 Å². The average Bonchev–Trinajstić information content (AvgIpc) is 2.80. The summed E-state index contributed by atoms with van der Waals surface area (Å²) in [5.74, 6) is 0.0993. The first-order chi connectivity index (χ1) is 16.2. The molecular formula is C28H27ClN2O3. The number of nitrogens with zero attached hydrogens (tertiary/aromatic N) is 1. The molecule has 4 rings (SSSR count). The van der Waals surface area contributed by atoms with Crippen molar-refractivity contribution >= 4 is 35.2 Å². The number of nitrogens with one attached hydrogen (secondary N) is 1. The predicted octanol–water partition coefficient (Wildman–Crippen LogP) is 5.59. The van der Waals surface area contributed by atoms with Gasteiger partial charge in [-0.1, -0.05) is 54.1 Å². The molecule has 1 aliphatic heterocycles. The minimum absolute atomic E-state index is 0.252. The number of rotatable bonds is 5. The summed E-state index contributed by atoms with van der Waals surface area (Å²) in [6, 6.07) is 23.7. The van der Waals surface area contributed by atoms with Crippen molar-refractivity contribution in [3.8, 4) is 5.75 Å². The lowest BCUT2D eigenvalue weighted by molar-refractivity contribution is -0.135. The third kappa shape index (κ3) is 4.19. The number of anilines is 1. The number of halogens is 1. The number of benzene rings is 3. The molecule has 0 aliphatic carbocycles. The first kappa shape index (κ1) is 23.6. The molecule has 3 aromatic carbocycles. The smallest absolute Gasteiger partial charge is 0.259 e. The molecule has 0 bridgehead atoms. The molecule has 6 heteroatoms. The fourth-order valence-electron chi connectivity index (χ4n) is 4.20. The second kappa shape index (κ2) is 8.99. The van der Waals surface area contributed by atoms with Crippen LogP contribution in [0.25, 0.3) is 6.08 Å². The van der Waals surface area contributed by atoms with Gasteiger partial charge in [0.15, 0.2) is 5.54 Å². The lowest BCUT2D eigenvalue weighted by atomic mass is 9.70. The van der Waals surface area contributed by atoms with Gasteiger partial charge in [0, 0.05) is 16.2 Å². The van der Waals surface area contributed by atoms with Crippen molar-refractivity contribution in [1.82, 2.24) is 5.32 Å². The molecule has 2 amide bonds. The number of β-lactam (4-membered cyclic amide) rings is 1. The lowest BCUT2D eigenvalue weighted by Crippen LogP contribution is -2.71. The quantitative estimate of drug-likeness (QED) is 0.387. The van der Waals surface area contributed by atoms with Gasteiger partial charge in [-0.3, -0.25) is 14.5 Å². The number of amides is 2. The highest BCUT2D eigenvalue weighted by molar-refractivity contribution is 6.31. The van der Waals surface area contributed by atoms with E-state index in [-0.39, 0.29) is 11.8 Å². The molecule has 0 radical (unpaired) electrons. The molecule has 0 saturated carbocycles. The van der Waals surface area contributed by atoms with Crippen LogP contribution in [0.3, 0.4) is 0 Å². The minimum atomic E-state index is -1.40. The first-order valence-corrected chi connectivity index (χ1v) is 11.4. The Morgan fingerprint density at radius 1 is 1.00 bits per heavy atom. The number of ether oxygens (including phenoxy) is 1. The van der Waals surface area contributed by atoms with E-state index < -0.39 is 11.1 Å². The topological polar surface area (TPSA) is 58.6 Å². The summed E-state index contributed by atoms with van der Waals surface area (Å²) >= 11 is 6.38. The average molecular weight is 475 g/mol. The maximum atomic E-state index is 14.1. The van der Waals surface area contributed by atoms with Crippen LogP contribution >= 0.6 is 11.6 Å². The van der Waals surface area contributed by atoms with Crippen molar-refractivity contribution in [2.45, 2.75) is 31.8 Å². The molecule has 1 saturated heterocycles. The Balaban J connectivity index is 1.99. The second-order valence-corrected chi connectivity index (χ2v) is 9.67. The van der Waals surface area contributed by atoms with Crippen molar-refractivity contribution in [1.29, 1.82) is 0 Å². The van der Waals surface area contributed by atoms with Gasteiger partial charge >= 0.3 is 0 Å². The van der Waals surface area contributed by atoms with Crippen LogP contribution in [0.2, 0.25) is 5.02 Å². The van der Waals surface area contributed by atoms with Gasteiger partial charge in [-0.25, -0.2) is 0 Å². The van der Waals surface area contributed by atoms with E-state index in [0.29, 0.717) is 27.6 Å². The van der Waals surface area contributed by atoms with Crippen LogP contribution in [-0.4, -0.2) is 24.5 Å². The van der Waals surface area contributed by atoms with Crippen LogP contribution in [0.4, 0.5) is 5.69 Å². The summed E-state index contributed by atoms with van der Waals surface area (Å²) in [5.41, 5.74) is 0.470. The number of hydrogen-bond donors (Lipinski definition) is 1. The van der Waals surface area contributed by atoms with Gasteiger partial charge in [0.1, 0.15) is 5.75 Å². The van der Waals surface area contributed by atoms with E-state index in [1.165, 1.54) is 4.90 Å². The molecule has 3 aromatic rings. The molecule has 1 heterocycles. The van der Waals surface area contributed by atoms with Crippen molar-refractivity contribution in [3.05, 3.63) is 101 Å². The van der Waals surface area contributed by atoms with E-state index in [1.54, 1.807) is 55.7 Å². The van der Waals surface area contributed by atoms with Crippen molar-refractivity contribution in [3.63, 3.8) is 0 Å². The summed E-state index contributed by atoms with van der Waals surface area (Å²) in [7, 11) is 1.58. The summed E-state index contributed by atoms with van der Waals surface area (Å²) in [4.78, 5) is 29.3. The normalized spacial score (nSPS) is 19.0. The van der Waals surface area contributed by atoms with Crippen molar-refractivity contribution < 1.29 is 14.3 Å². The van der Waals surface area contributed by atoms with E-state index in [4.69, 9.17) is 16.3 Å². The van der Waals surface area contributed by atoms with Crippen LogP contribution in [0.1, 0.15) is 31.9 Å². The lowest BCUT2D eigenvalue weighted by Gasteiger charge is -2.53. The number of carbonyl (C=O) groups excluding carboxylic acids is 2. The Bertz CT molecular complexity index is 1250. The minimum Gasteiger partial charge on any atom is -0.497 e. The van der Waals surface area contributed by atoms with Crippen molar-refractivity contribution in [2.24, 2.45) is 0 Å². The predicted molar refractivity (Wildman–Crippen MR) is 136 cm³/mol. The highest BCUT2D eigenvalue weighted by atomic mass is 35.5. The van der Waals surface area contributed by atoms with Crippen LogP contribution < -0.4 is 15.0 Å². The molecule has 1 fully saturated rings. The molecule has 0 aromatic heterocycles. The standard InChI is InChI=1S/C28H27ClN2O3/c1-27(2,3)30-26(33)28(20-11-8-12-21(29)18-20)24(17-19-9-6-5-7-10-19)25(32)31(28)22-13-15-23(34-4)16-14-22/h5-18H,1-4H3,(H,30,33)/b24-17+.